The Kier molecular flexibility index (Phi) is 3.71. The lowest BCUT2D eigenvalue weighted by atomic mass is 10.3. The van der Waals surface area contributed by atoms with Crippen molar-refractivity contribution < 1.29 is 9.50 Å². The summed E-state index contributed by atoms with van der Waals surface area (Å²) in [5.74, 6) is -0.252. The van der Waals surface area contributed by atoms with Crippen molar-refractivity contribution in [3.63, 3.8) is 0 Å². The van der Waals surface area contributed by atoms with E-state index in [9.17, 15) is 9.50 Å². The predicted octanol–water partition coefficient (Wildman–Crippen LogP) is 3.32. The zero-order valence-electron chi connectivity index (χ0n) is 10.7. The number of aliphatic hydroxyl groups is 1. The van der Waals surface area contributed by atoms with E-state index < -0.39 is 0 Å². The fourth-order valence-electron chi connectivity index (χ4n) is 2.06. The summed E-state index contributed by atoms with van der Waals surface area (Å²) in [4.78, 5) is 5.49. The third-order valence-electron chi connectivity index (χ3n) is 2.97. The van der Waals surface area contributed by atoms with Gasteiger partial charge in [0, 0.05) is 11.4 Å². The number of fused-ring (bicyclic) bond motifs is 1. The van der Waals surface area contributed by atoms with Gasteiger partial charge in [0.25, 0.3) is 0 Å². The molecule has 1 N–H and O–H groups in total. The van der Waals surface area contributed by atoms with Crippen molar-refractivity contribution in [1.82, 2.24) is 9.55 Å². The highest BCUT2D eigenvalue weighted by atomic mass is 32.2. The van der Waals surface area contributed by atoms with Crippen LogP contribution in [-0.4, -0.2) is 21.3 Å². The van der Waals surface area contributed by atoms with Crippen molar-refractivity contribution in [3.8, 4) is 0 Å². The Morgan fingerprint density at radius 3 is 2.60 bits per heavy atom. The van der Waals surface area contributed by atoms with Gasteiger partial charge in [-0.1, -0.05) is 23.9 Å². The summed E-state index contributed by atoms with van der Waals surface area (Å²) in [7, 11) is 0. The average Bonchev–Trinajstić information content (AvgIpc) is 2.80. The Labute approximate surface area is 120 Å². The maximum atomic E-state index is 12.9. The molecule has 3 aromatic rings. The highest BCUT2D eigenvalue weighted by Crippen LogP contribution is 2.30. The molecule has 0 amide bonds. The molecule has 0 aliphatic heterocycles. The Balaban J connectivity index is 2.01. The summed E-state index contributed by atoms with van der Waals surface area (Å²) in [6.45, 7) is 0.543. The molecule has 0 saturated carbocycles. The van der Waals surface area contributed by atoms with E-state index in [-0.39, 0.29) is 12.4 Å². The first-order valence-corrected chi connectivity index (χ1v) is 7.09. The number of imidazole rings is 1. The van der Waals surface area contributed by atoms with E-state index in [1.807, 2.05) is 28.8 Å². The third-order valence-corrected chi connectivity index (χ3v) is 3.97. The molecule has 3 rings (SSSR count). The number of rotatable bonds is 4. The molecule has 3 nitrogen and oxygen atoms in total. The zero-order valence-corrected chi connectivity index (χ0v) is 11.5. The first kappa shape index (κ1) is 13.1. The van der Waals surface area contributed by atoms with E-state index in [1.165, 1.54) is 23.9 Å². The number of aliphatic hydroxyl groups excluding tert-OH is 1. The summed E-state index contributed by atoms with van der Waals surface area (Å²) in [6, 6.07) is 14.1. The minimum atomic E-state index is -0.252. The van der Waals surface area contributed by atoms with Crippen molar-refractivity contribution in [2.75, 3.05) is 6.61 Å². The van der Waals surface area contributed by atoms with Gasteiger partial charge in [-0.2, -0.15) is 0 Å². The number of para-hydroxylation sites is 2. The maximum Gasteiger partial charge on any atom is 0.174 e. The van der Waals surface area contributed by atoms with Crippen LogP contribution in [0.15, 0.2) is 58.6 Å². The van der Waals surface area contributed by atoms with Crippen molar-refractivity contribution in [1.29, 1.82) is 0 Å². The van der Waals surface area contributed by atoms with Crippen molar-refractivity contribution in [2.24, 2.45) is 0 Å². The molecule has 0 bridgehead atoms. The molecule has 0 aliphatic carbocycles. The van der Waals surface area contributed by atoms with E-state index in [2.05, 4.69) is 4.98 Å². The van der Waals surface area contributed by atoms with Crippen molar-refractivity contribution in [3.05, 3.63) is 54.3 Å². The quantitative estimate of drug-likeness (QED) is 0.800. The molecule has 0 spiro atoms. The Morgan fingerprint density at radius 2 is 1.85 bits per heavy atom. The lowest BCUT2D eigenvalue weighted by Gasteiger charge is -2.06. The molecule has 0 radical (unpaired) electrons. The number of hydrogen-bond acceptors (Lipinski definition) is 3. The molecular formula is C15H13FN2OS. The van der Waals surface area contributed by atoms with Crippen LogP contribution >= 0.6 is 11.8 Å². The topological polar surface area (TPSA) is 38.0 Å². The lowest BCUT2D eigenvalue weighted by molar-refractivity contribution is 0.273. The number of aromatic nitrogens is 2. The van der Waals surface area contributed by atoms with Gasteiger partial charge in [-0.25, -0.2) is 9.37 Å². The monoisotopic (exact) mass is 288 g/mol. The number of halogens is 1. The molecule has 0 fully saturated rings. The lowest BCUT2D eigenvalue weighted by Crippen LogP contribution is -2.03. The second kappa shape index (κ2) is 5.64. The van der Waals surface area contributed by atoms with Crippen LogP contribution in [-0.2, 0) is 6.54 Å². The van der Waals surface area contributed by atoms with Gasteiger partial charge in [-0.05, 0) is 36.4 Å². The van der Waals surface area contributed by atoms with Gasteiger partial charge in [0.05, 0.1) is 17.6 Å². The fourth-order valence-corrected chi connectivity index (χ4v) is 2.98. The van der Waals surface area contributed by atoms with Gasteiger partial charge < -0.3 is 9.67 Å². The van der Waals surface area contributed by atoms with Gasteiger partial charge in [0.1, 0.15) is 5.82 Å². The smallest absolute Gasteiger partial charge is 0.174 e. The van der Waals surface area contributed by atoms with Gasteiger partial charge in [-0.15, -0.1) is 0 Å². The molecular weight excluding hydrogens is 275 g/mol. The summed E-state index contributed by atoms with van der Waals surface area (Å²) in [5, 5.41) is 10.0. The maximum absolute atomic E-state index is 12.9. The summed E-state index contributed by atoms with van der Waals surface area (Å²) >= 11 is 1.46. The first-order chi connectivity index (χ1) is 9.78. The Bertz CT molecular complexity index is 724. The number of nitrogens with zero attached hydrogens (tertiary/aromatic N) is 2. The van der Waals surface area contributed by atoms with Crippen LogP contribution in [0.2, 0.25) is 0 Å². The largest absolute Gasteiger partial charge is 0.395 e. The van der Waals surface area contributed by atoms with Crippen LogP contribution in [0.1, 0.15) is 0 Å². The van der Waals surface area contributed by atoms with E-state index in [1.54, 1.807) is 12.1 Å². The molecule has 2 aromatic carbocycles. The SMILES string of the molecule is OCCn1c(Sc2ccc(F)cc2)nc2ccccc21. The van der Waals surface area contributed by atoms with Crippen LogP contribution in [0, 0.1) is 5.82 Å². The molecule has 0 aliphatic rings. The van der Waals surface area contributed by atoms with Gasteiger partial charge in [0.2, 0.25) is 0 Å². The highest BCUT2D eigenvalue weighted by Gasteiger charge is 2.11. The van der Waals surface area contributed by atoms with Gasteiger partial charge in [-0.3, -0.25) is 0 Å². The van der Waals surface area contributed by atoms with E-state index in [4.69, 9.17) is 0 Å². The number of hydrogen-bond donors (Lipinski definition) is 1. The Morgan fingerprint density at radius 1 is 1.10 bits per heavy atom. The molecule has 0 atom stereocenters. The third kappa shape index (κ3) is 2.55. The number of benzene rings is 2. The standard InChI is InChI=1S/C15H13FN2OS/c16-11-5-7-12(8-6-11)20-15-17-13-3-1-2-4-14(13)18(15)9-10-19/h1-8,19H,9-10H2. The summed E-state index contributed by atoms with van der Waals surface area (Å²) in [6.07, 6.45) is 0. The zero-order chi connectivity index (χ0) is 13.9. The van der Waals surface area contributed by atoms with E-state index in [0.717, 1.165) is 21.1 Å². The van der Waals surface area contributed by atoms with Gasteiger partial charge in [0.15, 0.2) is 5.16 Å². The highest BCUT2D eigenvalue weighted by molar-refractivity contribution is 7.99. The molecule has 0 saturated heterocycles. The minimum Gasteiger partial charge on any atom is -0.395 e. The Hall–Kier alpha value is -1.85. The first-order valence-electron chi connectivity index (χ1n) is 6.27. The van der Waals surface area contributed by atoms with Crippen LogP contribution in [0.4, 0.5) is 4.39 Å². The van der Waals surface area contributed by atoms with Crippen LogP contribution < -0.4 is 0 Å². The van der Waals surface area contributed by atoms with Crippen molar-refractivity contribution >= 4 is 22.8 Å². The van der Waals surface area contributed by atoms with Gasteiger partial charge >= 0.3 is 0 Å². The molecule has 20 heavy (non-hydrogen) atoms. The molecule has 1 aromatic heterocycles. The predicted molar refractivity (Wildman–Crippen MR) is 77.3 cm³/mol. The van der Waals surface area contributed by atoms with Crippen LogP contribution in [0.5, 0.6) is 0 Å². The molecule has 102 valence electrons. The minimum absolute atomic E-state index is 0.0529. The van der Waals surface area contributed by atoms with Crippen LogP contribution in [0.3, 0.4) is 0 Å². The summed E-state index contributed by atoms with van der Waals surface area (Å²) < 4.78 is 14.9. The second-order valence-corrected chi connectivity index (χ2v) is 5.35. The van der Waals surface area contributed by atoms with E-state index in [0.29, 0.717) is 6.54 Å². The second-order valence-electron chi connectivity index (χ2n) is 4.31. The molecule has 0 unspecified atom stereocenters. The summed E-state index contributed by atoms with van der Waals surface area (Å²) in [5.41, 5.74) is 1.89. The normalized spacial score (nSPS) is 11.1. The van der Waals surface area contributed by atoms with E-state index >= 15 is 0 Å². The molecule has 1 heterocycles. The molecule has 5 heteroatoms. The fraction of sp³-hybridized carbons (Fsp3) is 0.133. The average molecular weight is 288 g/mol. The van der Waals surface area contributed by atoms with Crippen LogP contribution in [0.25, 0.3) is 11.0 Å². The van der Waals surface area contributed by atoms with Crippen molar-refractivity contribution in [2.45, 2.75) is 16.6 Å².